The van der Waals surface area contributed by atoms with Crippen LogP contribution < -0.4 is 0 Å². The van der Waals surface area contributed by atoms with Gasteiger partial charge in [0.25, 0.3) is 10.1 Å². The number of hydrogen-bond donors (Lipinski definition) is 0. The van der Waals surface area contributed by atoms with Crippen molar-refractivity contribution in [2.45, 2.75) is 57.1 Å². The van der Waals surface area contributed by atoms with E-state index in [0.29, 0.717) is 13.0 Å². The normalized spacial score (nSPS) is 13.6. The lowest BCUT2D eigenvalue weighted by atomic mass is 10.2. The highest BCUT2D eigenvalue weighted by Crippen LogP contribution is 2.36. The fourth-order valence-electron chi connectivity index (χ4n) is 1.66. The van der Waals surface area contributed by atoms with Gasteiger partial charge in [0.1, 0.15) is 0 Å². The van der Waals surface area contributed by atoms with Gasteiger partial charge in [-0.25, -0.2) is 0 Å². The summed E-state index contributed by atoms with van der Waals surface area (Å²) >= 11 is 0. The topological polar surface area (TPSA) is 52.6 Å². The third-order valence-corrected chi connectivity index (χ3v) is 10.2. The van der Waals surface area contributed by atoms with Gasteiger partial charge in [-0.15, -0.1) is 0 Å². The van der Waals surface area contributed by atoms with E-state index < -0.39 is 18.4 Å². The summed E-state index contributed by atoms with van der Waals surface area (Å²) in [6.45, 7) is 13.6. The molecule has 24 heavy (non-hydrogen) atoms. The second-order valence-electron chi connectivity index (χ2n) is 7.42. The second kappa shape index (κ2) is 8.42. The van der Waals surface area contributed by atoms with E-state index in [1.807, 2.05) is 19.1 Å². The van der Waals surface area contributed by atoms with Crippen molar-refractivity contribution in [1.82, 2.24) is 0 Å². The average Bonchev–Trinajstić information content (AvgIpc) is 2.45. The fraction of sp³-hybridized carbons (Fsp3) is 0.556. The van der Waals surface area contributed by atoms with Crippen LogP contribution in [0.15, 0.2) is 41.3 Å². The van der Waals surface area contributed by atoms with Crippen LogP contribution in [0.4, 0.5) is 0 Å². The molecular weight excluding hydrogens is 340 g/mol. The Balaban J connectivity index is 2.37. The lowest BCUT2D eigenvalue weighted by Gasteiger charge is -2.35. The molecule has 0 aromatic heterocycles. The lowest BCUT2D eigenvalue weighted by Crippen LogP contribution is -2.40. The molecular formula is C18H30O4SSi. The first-order valence-corrected chi connectivity index (χ1v) is 12.5. The third kappa shape index (κ3) is 6.51. The highest BCUT2D eigenvalue weighted by Gasteiger charge is 2.36. The van der Waals surface area contributed by atoms with E-state index in [-0.39, 0.29) is 16.5 Å². The summed E-state index contributed by atoms with van der Waals surface area (Å²) in [6, 6.07) is 6.64. The Hall–Kier alpha value is -0.953. The minimum absolute atomic E-state index is 0.132. The van der Waals surface area contributed by atoms with E-state index in [1.54, 1.807) is 24.3 Å². The molecule has 0 saturated heterocycles. The van der Waals surface area contributed by atoms with Crippen LogP contribution in [-0.2, 0) is 18.7 Å². The van der Waals surface area contributed by atoms with Gasteiger partial charge in [-0.2, -0.15) is 8.42 Å². The maximum absolute atomic E-state index is 12.0. The third-order valence-electron chi connectivity index (χ3n) is 4.35. The van der Waals surface area contributed by atoms with E-state index >= 15 is 0 Å². The molecule has 0 aliphatic heterocycles. The summed E-state index contributed by atoms with van der Waals surface area (Å²) in [7, 11) is -5.40. The molecule has 1 rings (SSSR count). The van der Waals surface area contributed by atoms with Crippen LogP contribution in [0.5, 0.6) is 0 Å². The van der Waals surface area contributed by atoms with Crippen molar-refractivity contribution in [1.29, 1.82) is 0 Å². The molecule has 0 amide bonds. The Kier molecular flexibility index (Phi) is 7.40. The van der Waals surface area contributed by atoms with Gasteiger partial charge in [0.15, 0.2) is 8.32 Å². The predicted octanol–water partition coefficient (Wildman–Crippen LogP) is 4.67. The van der Waals surface area contributed by atoms with E-state index in [4.69, 9.17) is 8.61 Å². The largest absolute Gasteiger partial charge is 0.413 e. The molecule has 0 N–H and O–H groups in total. The highest BCUT2D eigenvalue weighted by molar-refractivity contribution is 7.86. The SMILES string of the molecule is Cc1ccc(S(=O)(=O)OCC/C=C\CO[Si](C)(C)C(C)(C)C)cc1. The second-order valence-corrected chi connectivity index (χ2v) is 13.8. The summed E-state index contributed by atoms with van der Waals surface area (Å²) < 4.78 is 35.1. The molecule has 0 fully saturated rings. The van der Waals surface area contributed by atoms with E-state index in [9.17, 15) is 8.42 Å². The van der Waals surface area contributed by atoms with Gasteiger partial charge in [-0.3, -0.25) is 4.18 Å². The minimum atomic E-state index is -3.67. The molecule has 0 radical (unpaired) electrons. The zero-order valence-corrected chi connectivity index (χ0v) is 17.4. The Morgan fingerprint density at radius 3 is 2.21 bits per heavy atom. The van der Waals surface area contributed by atoms with E-state index in [0.717, 1.165) is 5.56 Å². The lowest BCUT2D eigenvalue weighted by molar-refractivity contribution is 0.320. The molecule has 1 aromatic rings. The van der Waals surface area contributed by atoms with Crippen molar-refractivity contribution in [3.63, 3.8) is 0 Å². The average molecular weight is 371 g/mol. The molecule has 0 spiro atoms. The standard InChI is InChI=1S/C18H30O4SSi/c1-16-10-12-17(13-11-16)23(19,20)21-14-8-7-9-15-22-24(5,6)18(2,3)4/h7,9-13H,8,14-15H2,1-6H3/b9-7-. The van der Waals surface area contributed by atoms with Gasteiger partial charge in [0.2, 0.25) is 0 Å². The highest BCUT2D eigenvalue weighted by atomic mass is 32.2. The zero-order chi connectivity index (χ0) is 18.4. The van der Waals surface area contributed by atoms with Crippen LogP contribution in [0.2, 0.25) is 18.1 Å². The van der Waals surface area contributed by atoms with E-state index in [2.05, 4.69) is 33.9 Å². The molecule has 136 valence electrons. The maximum atomic E-state index is 12.0. The van der Waals surface area contributed by atoms with Crippen molar-refractivity contribution in [3.8, 4) is 0 Å². The van der Waals surface area contributed by atoms with Crippen LogP contribution >= 0.6 is 0 Å². The van der Waals surface area contributed by atoms with Gasteiger partial charge >= 0.3 is 0 Å². The fourth-order valence-corrected chi connectivity index (χ4v) is 3.52. The summed E-state index contributed by atoms with van der Waals surface area (Å²) in [5.41, 5.74) is 1.01. The molecule has 6 heteroatoms. The minimum Gasteiger partial charge on any atom is -0.413 e. The number of rotatable bonds is 8. The number of benzene rings is 1. The molecule has 0 unspecified atom stereocenters. The first-order chi connectivity index (χ1) is 11.0. The Bertz CT molecular complexity index is 641. The summed E-state index contributed by atoms with van der Waals surface area (Å²) in [4.78, 5) is 0.193. The van der Waals surface area contributed by atoms with E-state index in [1.165, 1.54) is 0 Å². The molecule has 0 aliphatic rings. The first-order valence-electron chi connectivity index (χ1n) is 8.21. The van der Waals surface area contributed by atoms with Crippen molar-refractivity contribution in [3.05, 3.63) is 42.0 Å². The molecule has 0 aliphatic carbocycles. The van der Waals surface area contributed by atoms with Gasteiger partial charge < -0.3 is 4.43 Å². The predicted molar refractivity (Wildman–Crippen MR) is 101 cm³/mol. The first kappa shape index (κ1) is 21.1. The van der Waals surface area contributed by atoms with Crippen LogP contribution in [0, 0.1) is 6.92 Å². The smallest absolute Gasteiger partial charge is 0.296 e. The van der Waals surface area contributed by atoms with Crippen molar-refractivity contribution in [2.75, 3.05) is 13.2 Å². The molecule has 1 aromatic carbocycles. The summed E-state index contributed by atoms with van der Waals surface area (Å²) in [5, 5.41) is 0.187. The van der Waals surface area contributed by atoms with Gasteiger partial charge in [-0.05, 0) is 43.6 Å². The molecule has 0 bridgehead atoms. The van der Waals surface area contributed by atoms with Crippen molar-refractivity contribution in [2.24, 2.45) is 0 Å². The van der Waals surface area contributed by atoms with Crippen molar-refractivity contribution >= 4 is 18.4 Å². The van der Waals surface area contributed by atoms with Crippen LogP contribution in [-0.4, -0.2) is 29.9 Å². The van der Waals surface area contributed by atoms with Gasteiger partial charge in [-0.1, -0.05) is 50.6 Å². The number of hydrogen-bond acceptors (Lipinski definition) is 4. The Morgan fingerprint density at radius 2 is 1.67 bits per heavy atom. The monoisotopic (exact) mass is 370 g/mol. The maximum Gasteiger partial charge on any atom is 0.296 e. The van der Waals surface area contributed by atoms with Crippen molar-refractivity contribution < 1.29 is 17.0 Å². The number of aryl methyl sites for hydroxylation is 1. The van der Waals surface area contributed by atoms with Crippen LogP contribution in [0.1, 0.15) is 32.8 Å². The molecule has 4 nitrogen and oxygen atoms in total. The molecule has 0 atom stereocenters. The quantitative estimate of drug-likeness (QED) is 0.289. The Labute approximate surface area is 148 Å². The summed E-state index contributed by atoms with van der Waals surface area (Å²) in [6.07, 6.45) is 4.37. The van der Waals surface area contributed by atoms with Crippen LogP contribution in [0.25, 0.3) is 0 Å². The van der Waals surface area contributed by atoms with Crippen LogP contribution in [0.3, 0.4) is 0 Å². The molecule has 0 heterocycles. The zero-order valence-electron chi connectivity index (χ0n) is 15.6. The Morgan fingerprint density at radius 1 is 1.08 bits per heavy atom. The molecule has 0 saturated carbocycles. The van der Waals surface area contributed by atoms with Gasteiger partial charge in [0.05, 0.1) is 18.1 Å². The summed E-state index contributed by atoms with van der Waals surface area (Å²) in [5.74, 6) is 0. The van der Waals surface area contributed by atoms with Gasteiger partial charge in [0, 0.05) is 0 Å².